The summed E-state index contributed by atoms with van der Waals surface area (Å²) in [4.78, 5) is 65.0. The third kappa shape index (κ3) is 3.49. The lowest BCUT2D eigenvalue weighted by molar-refractivity contribution is -0.142. The minimum absolute atomic E-state index is 0.0757. The van der Waals surface area contributed by atoms with Crippen LogP contribution in [0.25, 0.3) is 0 Å². The maximum absolute atomic E-state index is 13.4. The molecule has 0 saturated carbocycles. The van der Waals surface area contributed by atoms with Crippen LogP contribution in [0, 0.1) is 17.8 Å². The average molecular weight is 491 g/mol. The first-order chi connectivity index (χ1) is 17.1. The summed E-state index contributed by atoms with van der Waals surface area (Å²) in [6.07, 6.45) is 3.27. The number of nitrogens with zero attached hydrogens (tertiary/aromatic N) is 1. The molecule has 1 aliphatic heterocycles. The topological polar surface area (TPSA) is 138 Å². The van der Waals surface area contributed by atoms with Crippen molar-refractivity contribution in [2.75, 3.05) is 13.7 Å². The van der Waals surface area contributed by atoms with Gasteiger partial charge in [-0.15, -0.1) is 0 Å². The Balaban J connectivity index is 1.63. The largest absolute Gasteiger partial charge is 0.504 e. The summed E-state index contributed by atoms with van der Waals surface area (Å²) in [5, 5.41) is 19.2. The Morgan fingerprint density at radius 1 is 1.14 bits per heavy atom. The number of rotatable bonds is 5. The van der Waals surface area contributed by atoms with E-state index in [2.05, 4.69) is 0 Å². The minimum atomic E-state index is -1.11. The van der Waals surface area contributed by atoms with Crippen molar-refractivity contribution in [3.8, 4) is 11.5 Å². The zero-order chi connectivity index (χ0) is 25.9. The Hall–Kier alpha value is -4.01. The maximum atomic E-state index is 13.4. The molecule has 0 bridgehead atoms. The fourth-order valence-electron chi connectivity index (χ4n) is 6.11. The molecule has 1 heterocycles. The Morgan fingerprint density at radius 3 is 2.58 bits per heavy atom. The molecule has 4 atom stereocenters. The van der Waals surface area contributed by atoms with E-state index in [-0.39, 0.29) is 48.9 Å². The van der Waals surface area contributed by atoms with Gasteiger partial charge in [-0.2, -0.15) is 0 Å². The summed E-state index contributed by atoms with van der Waals surface area (Å²) in [6.45, 7) is 1.39. The highest BCUT2D eigenvalue weighted by molar-refractivity contribution is 6.23. The van der Waals surface area contributed by atoms with E-state index in [0.717, 1.165) is 10.5 Å². The van der Waals surface area contributed by atoms with Crippen molar-refractivity contribution >= 4 is 29.4 Å². The lowest BCUT2D eigenvalue weighted by Gasteiger charge is -2.42. The minimum Gasteiger partial charge on any atom is -0.504 e. The van der Waals surface area contributed by atoms with Crippen molar-refractivity contribution < 1.29 is 38.9 Å². The zero-order valence-corrected chi connectivity index (χ0v) is 19.8. The van der Waals surface area contributed by atoms with E-state index in [4.69, 9.17) is 9.84 Å². The summed E-state index contributed by atoms with van der Waals surface area (Å²) >= 11 is 0. The summed E-state index contributed by atoms with van der Waals surface area (Å²) < 4.78 is 5.28. The second-order valence-electron chi connectivity index (χ2n) is 9.63. The molecule has 4 unspecified atom stereocenters. The number of methoxy groups -OCH3 is 1. The number of imide groups is 1. The van der Waals surface area contributed by atoms with Crippen LogP contribution in [0.15, 0.2) is 52.6 Å². The number of allylic oxidation sites excluding steroid dienone is 6. The van der Waals surface area contributed by atoms with Gasteiger partial charge in [-0.3, -0.25) is 28.9 Å². The number of amides is 2. The van der Waals surface area contributed by atoms with Gasteiger partial charge in [0.2, 0.25) is 11.8 Å². The van der Waals surface area contributed by atoms with Crippen LogP contribution < -0.4 is 4.74 Å². The molecule has 36 heavy (non-hydrogen) atoms. The highest BCUT2D eigenvalue weighted by Gasteiger charge is 2.56. The number of phenols is 1. The number of benzene rings is 1. The molecule has 0 radical (unpaired) electrons. The van der Waals surface area contributed by atoms with E-state index in [9.17, 15) is 29.1 Å². The number of ether oxygens (including phenoxy) is 1. The van der Waals surface area contributed by atoms with E-state index in [1.807, 2.05) is 6.08 Å². The van der Waals surface area contributed by atoms with Gasteiger partial charge >= 0.3 is 5.97 Å². The normalized spacial score (nSPS) is 27.3. The van der Waals surface area contributed by atoms with Gasteiger partial charge in [0.1, 0.15) is 0 Å². The first-order valence-electron chi connectivity index (χ1n) is 11.8. The van der Waals surface area contributed by atoms with Crippen molar-refractivity contribution in [1.82, 2.24) is 4.90 Å². The number of aromatic hydroxyl groups is 1. The lowest BCUT2D eigenvalue weighted by atomic mass is 9.59. The number of aliphatic carboxylic acids is 1. The van der Waals surface area contributed by atoms with Gasteiger partial charge < -0.3 is 14.9 Å². The Labute approximate surface area is 206 Å². The number of fused-ring (bicyclic) bond motifs is 3. The summed E-state index contributed by atoms with van der Waals surface area (Å²) in [5.41, 5.74) is 2.42. The SMILES string of the molecule is COc1cc(C2C3=CCC4C(=O)N(CCC(=O)O)C(=O)C4C3CC3=C2C(=O)C(C)=CC3=O)ccc1O. The van der Waals surface area contributed by atoms with Crippen molar-refractivity contribution in [2.45, 2.75) is 32.1 Å². The first-order valence-corrected chi connectivity index (χ1v) is 11.8. The lowest BCUT2D eigenvalue weighted by Crippen LogP contribution is -2.40. The molecule has 2 amide bonds. The average Bonchev–Trinajstić information content (AvgIpc) is 3.09. The summed E-state index contributed by atoms with van der Waals surface area (Å²) in [6, 6.07) is 4.74. The second kappa shape index (κ2) is 8.58. The number of likely N-dealkylation sites (tertiary alicyclic amines) is 1. The number of carboxylic acid groups (broad SMARTS) is 1. The monoisotopic (exact) mass is 491 g/mol. The molecule has 4 aliphatic rings. The van der Waals surface area contributed by atoms with Crippen molar-refractivity contribution in [1.29, 1.82) is 0 Å². The smallest absolute Gasteiger partial charge is 0.305 e. The van der Waals surface area contributed by atoms with Gasteiger partial charge in [0.05, 0.1) is 25.4 Å². The molecule has 3 aliphatic carbocycles. The number of carboxylic acids is 1. The first kappa shape index (κ1) is 23.7. The standard InChI is InChI=1S/C27H25NO8/c1-12-9-19(30)17-11-16-14(4-5-15-23(16)27(35)28(26(15)34)8-7-21(31)32)22(24(17)25(12)33)13-3-6-18(29)20(10-13)36-2/h3-4,6,9-10,15-16,22-23,29H,5,7-8,11H2,1-2H3,(H,31,32). The van der Waals surface area contributed by atoms with E-state index in [1.165, 1.54) is 19.3 Å². The molecule has 1 fully saturated rings. The predicted molar refractivity (Wildman–Crippen MR) is 125 cm³/mol. The van der Waals surface area contributed by atoms with Gasteiger partial charge in [-0.05, 0) is 49.5 Å². The summed E-state index contributed by atoms with van der Waals surface area (Å²) in [7, 11) is 1.41. The molecule has 0 spiro atoms. The highest BCUT2D eigenvalue weighted by atomic mass is 16.5. The number of hydrogen-bond donors (Lipinski definition) is 2. The number of phenolic OH excluding ortho intramolecular Hbond substituents is 1. The van der Waals surface area contributed by atoms with Crippen molar-refractivity contribution in [3.63, 3.8) is 0 Å². The molecular weight excluding hydrogens is 466 g/mol. The number of carbonyl (C=O) groups is 5. The molecule has 5 rings (SSSR count). The third-order valence-corrected chi connectivity index (χ3v) is 7.74. The second-order valence-corrected chi connectivity index (χ2v) is 9.63. The van der Waals surface area contributed by atoms with E-state index in [1.54, 1.807) is 19.1 Å². The fourth-order valence-corrected chi connectivity index (χ4v) is 6.11. The number of hydrogen-bond acceptors (Lipinski definition) is 7. The highest BCUT2D eigenvalue weighted by Crippen LogP contribution is 2.55. The van der Waals surface area contributed by atoms with Crippen molar-refractivity contribution in [2.24, 2.45) is 17.8 Å². The molecule has 1 aromatic rings. The van der Waals surface area contributed by atoms with Gasteiger partial charge in [0.15, 0.2) is 23.1 Å². The molecule has 9 nitrogen and oxygen atoms in total. The Morgan fingerprint density at radius 2 is 1.89 bits per heavy atom. The molecular formula is C27H25NO8. The van der Waals surface area contributed by atoms with Gasteiger partial charge in [0.25, 0.3) is 0 Å². The van der Waals surface area contributed by atoms with Crippen molar-refractivity contribution in [3.05, 3.63) is 58.2 Å². The molecule has 186 valence electrons. The molecule has 9 heteroatoms. The van der Waals surface area contributed by atoms with Gasteiger partial charge in [-0.1, -0.05) is 17.7 Å². The Kier molecular flexibility index (Phi) is 5.65. The molecule has 1 aromatic carbocycles. The van der Waals surface area contributed by atoms with Gasteiger partial charge in [-0.25, -0.2) is 0 Å². The van der Waals surface area contributed by atoms with Crippen LogP contribution in [0.2, 0.25) is 0 Å². The quantitative estimate of drug-likeness (QED) is 0.364. The third-order valence-electron chi connectivity index (χ3n) is 7.74. The molecule has 2 N–H and O–H groups in total. The zero-order valence-electron chi connectivity index (χ0n) is 19.8. The maximum Gasteiger partial charge on any atom is 0.305 e. The number of ketones is 2. The Bertz CT molecular complexity index is 1330. The molecule has 1 saturated heterocycles. The number of carbonyl (C=O) groups excluding carboxylic acids is 4. The van der Waals surface area contributed by atoms with Crippen LogP contribution in [0.1, 0.15) is 37.7 Å². The van der Waals surface area contributed by atoms with Gasteiger partial charge in [0, 0.05) is 29.2 Å². The van der Waals surface area contributed by atoms with Crippen LogP contribution in [-0.2, 0) is 24.0 Å². The van der Waals surface area contributed by atoms with Crippen LogP contribution in [0.5, 0.6) is 11.5 Å². The van der Waals surface area contributed by atoms with Crippen LogP contribution in [-0.4, -0.2) is 58.1 Å². The van der Waals surface area contributed by atoms with E-state index >= 15 is 0 Å². The van der Waals surface area contributed by atoms with Crippen LogP contribution in [0.3, 0.4) is 0 Å². The van der Waals surface area contributed by atoms with Crippen LogP contribution in [0.4, 0.5) is 0 Å². The van der Waals surface area contributed by atoms with E-state index < -0.39 is 41.5 Å². The number of Topliss-reactive ketones (excluding diaryl/α,β-unsaturated/α-hetero) is 1. The van der Waals surface area contributed by atoms with E-state index in [0.29, 0.717) is 22.3 Å². The predicted octanol–water partition coefficient (Wildman–Crippen LogP) is 2.31. The molecule has 0 aromatic heterocycles. The fraction of sp³-hybridized carbons (Fsp3) is 0.370. The summed E-state index contributed by atoms with van der Waals surface area (Å²) in [5.74, 6) is -4.87. The van der Waals surface area contributed by atoms with Crippen LogP contribution >= 0.6 is 0 Å².